The number of carbonyl (C=O) groups is 1. The Morgan fingerprint density at radius 3 is 2.46 bits per heavy atom. The number of hydrogen-bond donors (Lipinski definition) is 1. The van der Waals surface area contributed by atoms with Crippen LogP contribution in [0, 0.1) is 0 Å². The maximum absolute atomic E-state index is 12.6. The minimum atomic E-state index is -4.07. The molecule has 2 aromatic carbocycles. The molecule has 0 aliphatic carbocycles. The quantitative estimate of drug-likeness (QED) is 0.464. The maximum Gasteiger partial charge on any atom is 0.339 e. The second-order valence-corrected chi connectivity index (χ2v) is 8.35. The van der Waals surface area contributed by atoms with Gasteiger partial charge in [0.1, 0.15) is 9.22 Å². The van der Waals surface area contributed by atoms with Gasteiger partial charge in [-0.1, -0.05) is 54.3 Å². The molecule has 1 aliphatic heterocycles. The van der Waals surface area contributed by atoms with Crippen LogP contribution in [0.2, 0.25) is 0 Å². The van der Waals surface area contributed by atoms with Gasteiger partial charge in [0.25, 0.3) is 5.91 Å². The number of carbonyl (C=O) groups excluding carboxylic acids is 1. The van der Waals surface area contributed by atoms with Crippen molar-refractivity contribution >= 4 is 50.4 Å². The smallest absolute Gasteiger partial charge is 0.339 e. The van der Waals surface area contributed by atoms with Crippen molar-refractivity contribution in [2.45, 2.75) is 4.90 Å². The number of rotatable bonds is 5. The third-order valence-corrected chi connectivity index (χ3v) is 5.78. The molecule has 1 N–H and O–H groups in total. The van der Waals surface area contributed by atoms with Crippen LogP contribution in [0.5, 0.6) is 11.5 Å². The lowest BCUT2D eigenvalue weighted by Gasteiger charge is -2.13. The lowest BCUT2D eigenvalue weighted by Crippen LogP contribution is -2.17. The van der Waals surface area contributed by atoms with E-state index >= 15 is 0 Å². The van der Waals surface area contributed by atoms with Crippen molar-refractivity contribution in [2.75, 3.05) is 7.11 Å². The van der Waals surface area contributed by atoms with E-state index in [1.807, 2.05) is 0 Å². The highest BCUT2D eigenvalue weighted by Gasteiger charge is 2.25. The highest BCUT2D eigenvalue weighted by Crippen LogP contribution is 2.36. The Bertz CT molecular complexity index is 1000. The van der Waals surface area contributed by atoms with Gasteiger partial charge in [-0.25, -0.2) is 0 Å². The van der Waals surface area contributed by atoms with Gasteiger partial charge >= 0.3 is 10.1 Å². The molecule has 1 aliphatic rings. The molecular weight excluding hydrogens is 394 g/mol. The van der Waals surface area contributed by atoms with E-state index < -0.39 is 10.1 Å². The van der Waals surface area contributed by atoms with Crippen molar-refractivity contribution < 1.29 is 22.1 Å². The van der Waals surface area contributed by atoms with E-state index in [-0.39, 0.29) is 22.3 Å². The van der Waals surface area contributed by atoms with Gasteiger partial charge in [0.05, 0.1) is 12.0 Å². The first kappa shape index (κ1) is 18.4. The Labute approximate surface area is 160 Å². The normalized spacial score (nSPS) is 15.8. The minimum Gasteiger partial charge on any atom is -0.493 e. The zero-order valence-electron chi connectivity index (χ0n) is 13.5. The Hall–Kier alpha value is -2.36. The molecule has 0 bridgehead atoms. The molecule has 1 amide bonds. The predicted molar refractivity (Wildman–Crippen MR) is 104 cm³/mol. The van der Waals surface area contributed by atoms with Crippen molar-refractivity contribution in [1.82, 2.24) is 5.32 Å². The summed E-state index contributed by atoms with van der Waals surface area (Å²) in [6.45, 7) is 0. The van der Waals surface area contributed by atoms with Crippen LogP contribution >= 0.6 is 24.0 Å². The Morgan fingerprint density at radius 2 is 1.85 bits per heavy atom. The lowest BCUT2D eigenvalue weighted by molar-refractivity contribution is -0.115. The number of thiocarbonyl (C=S) groups is 1. The van der Waals surface area contributed by atoms with E-state index in [2.05, 4.69) is 5.32 Å². The Balaban J connectivity index is 2.05. The van der Waals surface area contributed by atoms with E-state index in [1.165, 1.54) is 25.3 Å². The molecule has 0 saturated carbocycles. The summed E-state index contributed by atoms with van der Waals surface area (Å²) in [5.41, 5.74) is 0.381. The van der Waals surface area contributed by atoms with Crippen molar-refractivity contribution in [3.8, 4) is 11.5 Å². The molecule has 0 unspecified atom stereocenters. The molecule has 0 spiro atoms. The Kier molecular flexibility index (Phi) is 5.30. The van der Waals surface area contributed by atoms with Gasteiger partial charge in [0, 0.05) is 5.56 Å². The third kappa shape index (κ3) is 3.90. The number of nitrogens with one attached hydrogen (secondary N) is 1. The van der Waals surface area contributed by atoms with Gasteiger partial charge in [-0.05, 0) is 24.3 Å². The number of methoxy groups -OCH3 is 1. The SMILES string of the molecule is COc1cccc(/C=C2\SC(=S)NC2=O)c1OS(=O)(=O)c1ccccc1. The van der Waals surface area contributed by atoms with Gasteiger partial charge in [0.2, 0.25) is 0 Å². The van der Waals surface area contributed by atoms with E-state index in [9.17, 15) is 13.2 Å². The van der Waals surface area contributed by atoms with Crippen LogP contribution in [0.1, 0.15) is 5.56 Å². The summed E-state index contributed by atoms with van der Waals surface area (Å²) < 4.78 is 36.1. The lowest BCUT2D eigenvalue weighted by atomic mass is 10.1. The summed E-state index contributed by atoms with van der Waals surface area (Å²) in [4.78, 5) is 12.2. The molecule has 6 nitrogen and oxygen atoms in total. The molecule has 26 heavy (non-hydrogen) atoms. The van der Waals surface area contributed by atoms with Gasteiger partial charge in [-0.3, -0.25) is 4.79 Å². The number of para-hydroxylation sites is 1. The maximum atomic E-state index is 12.6. The molecular formula is C17H13NO5S3. The molecule has 1 saturated heterocycles. The second-order valence-electron chi connectivity index (χ2n) is 5.08. The number of thioether (sulfide) groups is 1. The molecule has 134 valence electrons. The Morgan fingerprint density at radius 1 is 1.12 bits per heavy atom. The van der Waals surface area contributed by atoms with Crippen molar-refractivity contribution in [2.24, 2.45) is 0 Å². The fraction of sp³-hybridized carbons (Fsp3) is 0.0588. The fourth-order valence-corrected chi connectivity index (χ4v) is 4.22. The summed E-state index contributed by atoms with van der Waals surface area (Å²) in [6, 6.07) is 12.6. The van der Waals surface area contributed by atoms with E-state index in [4.69, 9.17) is 21.1 Å². The third-order valence-electron chi connectivity index (χ3n) is 3.38. The standard InChI is InChI=1S/C17H13NO5S3/c1-22-13-9-5-6-11(10-14-16(19)18-17(24)25-14)15(13)23-26(20,21)12-7-3-2-4-8-12/h2-10H,1H3,(H,18,19,24)/b14-10-. The second kappa shape index (κ2) is 7.48. The molecule has 2 aromatic rings. The van der Waals surface area contributed by atoms with E-state index in [0.717, 1.165) is 11.8 Å². The number of hydrogen-bond acceptors (Lipinski definition) is 7. The van der Waals surface area contributed by atoms with Gasteiger partial charge < -0.3 is 14.2 Å². The summed E-state index contributed by atoms with van der Waals surface area (Å²) >= 11 is 6.05. The van der Waals surface area contributed by atoms with E-state index in [0.29, 0.717) is 14.8 Å². The summed E-state index contributed by atoms with van der Waals surface area (Å²) in [6.07, 6.45) is 1.51. The molecule has 0 aromatic heterocycles. The largest absolute Gasteiger partial charge is 0.493 e. The fourth-order valence-electron chi connectivity index (χ4n) is 2.20. The number of benzene rings is 2. The van der Waals surface area contributed by atoms with Gasteiger partial charge in [-0.2, -0.15) is 8.42 Å². The molecule has 0 radical (unpaired) electrons. The van der Waals surface area contributed by atoms with Crippen LogP contribution in [-0.4, -0.2) is 25.8 Å². The molecule has 3 rings (SSSR count). The first-order valence-electron chi connectivity index (χ1n) is 7.32. The summed E-state index contributed by atoms with van der Waals surface area (Å²) in [7, 11) is -2.67. The zero-order valence-corrected chi connectivity index (χ0v) is 15.9. The molecule has 1 fully saturated rings. The van der Waals surface area contributed by atoms with Crippen LogP contribution in [0.4, 0.5) is 0 Å². The van der Waals surface area contributed by atoms with Crippen molar-refractivity contribution in [3.05, 3.63) is 59.0 Å². The first-order chi connectivity index (χ1) is 12.4. The molecule has 0 atom stereocenters. The van der Waals surface area contributed by atoms with Crippen LogP contribution in [0.3, 0.4) is 0 Å². The van der Waals surface area contributed by atoms with Crippen LogP contribution in [0.25, 0.3) is 6.08 Å². The average molecular weight is 407 g/mol. The summed E-state index contributed by atoms with van der Waals surface area (Å²) in [5, 5.41) is 2.51. The summed E-state index contributed by atoms with van der Waals surface area (Å²) in [5.74, 6) is -0.123. The van der Waals surface area contributed by atoms with Gasteiger partial charge in [0.15, 0.2) is 11.5 Å². The zero-order chi connectivity index (χ0) is 18.7. The minimum absolute atomic E-state index is 0.00225. The predicted octanol–water partition coefficient (Wildman–Crippen LogP) is 2.95. The van der Waals surface area contributed by atoms with Crippen molar-refractivity contribution in [3.63, 3.8) is 0 Å². The number of amides is 1. The van der Waals surface area contributed by atoms with Crippen LogP contribution < -0.4 is 14.2 Å². The van der Waals surface area contributed by atoms with Crippen molar-refractivity contribution in [1.29, 1.82) is 0 Å². The van der Waals surface area contributed by atoms with Gasteiger partial charge in [-0.15, -0.1) is 0 Å². The molecule has 1 heterocycles. The van der Waals surface area contributed by atoms with Crippen LogP contribution in [-0.2, 0) is 14.9 Å². The average Bonchev–Trinajstić information content (AvgIpc) is 2.94. The number of ether oxygens (including phenoxy) is 1. The first-order valence-corrected chi connectivity index (χ1v) is 9.95. The van der Waals surface area contributed by atoms with E-state index in [1.54, 1.807) is 36.4 Å². The monoisotopic (exact) mass is 407 g/mol. The highest BCUT2D eigenvalue weighted by molar-refractivity contribution is 8.26. The topological polar surface area (TPSA) is 81.7 Å². The highest BCUT2D eigenvalue weighted by atomic mass is 32.2. The van der Waals surface area contributed by atoms with Crippen LogP contribution in [0.15, 0.2) is 58.3 Å². The molecule has 9 heteroatoms.